The van der Waals surface area contributed by atoms with Gasteiger partial charge in [-0.3, -0.25) is 9.59 Å². The van der Waals surface area contributed by atoms with E-state index >= 15 is 0 Å². The smallest absolute Gasteiger partial charge is 0.311 e. The van der Waals surface area contributed by atoms with Crippen LogP contribution in [0.4, 0.5) is 0 Å². The molecule has 0 saturated heterocycles. The van der Waals surface area contributed by atoms with Gasteiger partial charge >= 0.3 is 5.97 Å². The summed E-state index contributed by atoms with van der Waals surface area (Å²) in [4.78, 5) is 24.4. The number of benzene rings is 2. The number of nitriles is 1. The van der Waals surface area contributed by atoms with Crippen molar-refractivity contribution in [1.29, 1.82) is 5.26 Å². The number of rotatable bonds is 11. The first kappa shape index (κ1) is 25.8. The van der Waals surface area contributed by atoms with Gasteiger partial charge in [-0.15, -0.1) is 0 Å². The number of halogens is 1. The first-order valence-corrected chi connectivity index (χ1v) is 11.9. The highest BCUT2D eigenvalue weighted by Gasteiger charge is 2.10. The number of nitrogens with one attached hydrogen (secondary N) is 1. The molecule has 0 aliphatic carbocycles. The molecule has 1 heterocycles. The van der Waals surface area contributed by atoms with Crippen molar-refractivity contribution in [3.8, 4) is 17.6 Å². The van der Waals surface area contributed by atoms with Crippen molar-refractivity contribution < 1.29 is 23.5 Å². The molecule has 3 aromatic rings. The Morgan fingerprint density at radius 1 is 1.17 bits per heavy atom. The Balaban J connectivity index is 1.44. The lowest BCUT2D eigenvalue weighted by molar-refractivity contribution is -0.134. The van der Waals surface area contributed by atoms with Crippen LogP contribution < -0.4 is 14.8 Å². The van der Waals surface area contributed by atoms with Gasteiger partial charge in [0, 0.05) is 6.42 Å². The number of furan rings is 1. The summed E-state index contributed by atoms with van der Waals surface area (Å²) < 4.78 is 17.1. The fourth-order valence-corrected chi connectivity index (χ4v) is 3.63. The molecule has 2 aromatic carbocycles. The van der Waals surface area contributed by atoms with Crippen molar-refractivity contribution >= 4 is 33.9 Å². The fraction of sp³-hybridized carbons (Fsp3) is 0.222. The molecule has 8 heteroatoms. The maximum Gasteiger partial charge on any atom is 0.311 e. The second-order valence-corrected chi connectivity index (χ2v) is 8.40. The molecule has 0 spiro atoms. The van der Waals surface area contributed by atoms with E-state index in [0.29, 0.717) is 30.1 Å². The van der Waals surface area contributed by atoms with E-state index in [2.05, 4.69) is 28.2 Å². The van der Waals surface area contributed by atoms with E-state index in [9.17, 15) is 14.9 Å². The van der Waals surface area contributed by atoms with Crippen LogP contribution in [-0.2, 0) is 22.6 Å². The molecular weight excluding hydrogens is 512 g/mol. The summed E-state index contributed by atoms with van der Waals surface area (Å²) in [6, 6.07) is 17.9. The molecule has 3 rings (SSSR count). The van der Waals surface area contributed by atoms with Crippen molar-refractivity contribution in [1.82, 2.24) is 5.32 Å². The standard InChI is InChI=1S/C27H25BrN2O5/c1-2-19-9-12-25(24(28)16-19)34-14-4-6-26(31)35-22-10-7-20(8-11-22)15-21(17-29)27(32)30-18-23-5-3-13-33-23/h3,5,7-13,15-16H,2,4,6,14,18H2,1H3,(H,30,32)/b21-15+. The Hall–Kier alpha value is -3.83. The van der Waals surface area contributed by atoms with Crippen LogP contribution in [-0.4, -0.2) is 18.5 Å². The maximum absolute atomic E-state index is 12.2. The van der Waals surface area contributed by atoms with Gasteiger partial charge in [0.1, 0.15) is 28.9 Å². The lowest BCUT2D eigenvalue weighted by atomic mass is 10.1. The van der Waals surface area contributed by atoms with E-state index in [1.54, 1.807) is 36.4 Å². The normalized spacial score (nSPS) is 10.9. The monoisotopic (exact) mass is 536 g/mol. The highest BCUT2D eigenvalue weighted by atomic mass is 79.9. The molecule has 0 fully saturated rings. The van der Waals surface area contributed by atoms with Gasteiger partial charge in [0.2, 0.25) is 0 Å². The molecule has 1 N–H and O–H groups in total. The summed E-state index contributed by atoms with van der Waals surface area (Å²) in [6.07, 6.45) is 4.64. The van der Waals surface area contributed by atoms with Crippen molar-refractivity contribution in [3.05, 3.63) is 87.8 Å². The zero-order valence-corrected chi connectivity index (χ0v) is 20.8. The second kappa shape index (κ2) is 13.2. The third kappa shape index (κ3) is 8.16. The van der Waals surface area contributed by atoms with Crippen LogP contribution >= 0.6 is 15.9 Å². The van der Waals surface area contributed by atoms with E-state index in [0.717, 1.165) is 16.6 Å². The third-order valence-corrected chi connectivity index (χ3v) is 5.60. The van der Waals surface area contributed by atoms with E-state index in [1.165, 1.54) is 17.9 Å². The highest BCUT2D eigenvalue weighted by Crippen LogP contribution is 2.26. The number of nitrogens with zero attached hydrogens (tertiary/aromatic N) is 1. The number of hydrogen-bond acceptors (Lipinski definition) is 6. The second-order valence-electron chi connectivity index (χ2n) is 7.55. The van der Waals surface area contributed by atoms with Crippen LogP contribution in [0.15, 0.2) is 75.3 Å². The molecule has 0 aliphatic heterocycles. The quantitative estimate of drug-likeness (QED) is 0.113. The van der Waals surface area contributed by atoms with E-state index in [1.807, 2.05) is 24.3 Å². The SMILES string of the molecule is CCc1ccc(OCCCC(=O)Oc2ccc(/C=C(\C#N)C(=O)NCc3ccco3)cc2)c(Br)c1. The molecule has 0 bridgehead atoms. The van der Waals surface area contributed by atoms with Crippen molar-refractivity contribution in [3.63, 3.8) is 0 Å². The van der Waals surface area contributed by atoms with Crippen LogP contribution in [0.2, 0.25) is 0 Å². The van der Waals surface area contributed by atoms with Crippen molar-refractivity contribution in [2.24, 2.45) is 0 Å². The van der Waals surface area contributed by atoms with Crippen LogP contribution in [0.5, 0.6) is 11.5 Å². The molecule has 35 heavy (non-hydrogen) atoms. The van der Waals surface area contributed by atoms with E-state index < -0.39 is 5.91 Å². The zero-order chi connectivity index (χ0) is 25.0. The van der Waals surface area contributed by atoms with Gasteiger partial charge < -0.3 is 19.2 Å². The third-order valence-electron chi connectivity index (χ3n) is 4.98. The average molecular weight is 537 g/mol. The van der Waals surface area contributed by atoms with Crippen LogP contribution in [0.1, 0.15) is 36.7 Å². The molecule has 1 aromatic heterocycles. The van der Waals surface area contributed by atoms with Gasteiger partial charge in [-0.2, -0.15) is 5.26 Å². The minimum atomic E-state index is -0.505. The summed E-state index contributed by atoms with van der Waals surface area (Å²) in [6.45, 7) is 2.67. The number of hydrogen-bond donors (Lipinski definition) is 1. The summed E-state index contributed by atoms with van der Waals surface area (Å²) in [7, 11) is 0. The van der Waals surface area contributed by atoms with E-state index in [-0.39, 0.29) is 24.5 Å². The molecule has 0 unspecified atom stereocenters. The Bertz CT molecular complexity index is 1210. The molecule has 7 nitrogen and oxygen atoms in total. The predicted octanol–water partition coefficient (Wildman–Crippen LogP) is 5.59. The predicted molar refractivity (Wildman–Crippen MR) is 134 cm³/mol. The van der Waals surface area contributed by atoms with Gasteiger partial charge in [0.15, 0.2) is 0 Å². The average Bonchev–Trinajstić information content (AvgIpc) is 3.39. The van der Waals surface area contributed by atoms with Crippen LogP contribution in [0.25, 0.3) is 6.08 Å². The van der Waals surface area contributed by atoms with Gasteiger partial charge in [-0.1, -0.05) is 25.1 Å². The minimum Gasteiger partial charge on any atom is -0.492 e. The van der Waals surface area contributed by atoms with Gasteiger partial charge in [-0.25, -0.2) is 0 Å². The maximum atomic E-state index is 12.2. The number of aryl methyl sites for hydroxylation is 1. The summed E-state index contributed by atoms with van der Waals surface area (Å²) >= 11 is 3.50. The van der Waals surface area contributed by atoms with Gasteiger partial charge in [0.05, 0.1) is 23.9 Å². The van der Waals surface area contributed by atoms with Crippen molar-refractivity contribution in [2.75, 3.05) is 6.61 Å². The lowest BCUT2D eigenvalue weighted by Crippen LogP contribution is -2.23. The summed E-state index contributed by atoms with van der Waals surface area (Å²) in [5, 5.41) is 11.9. The van der Waals surface area contributed by atoms with Crippen LogP contribution in [0.3, 0.4) is 0 Å². The number of carbonyl (C=O) groups excluding carboxylic acids is 2. The molecule has 0 atom stereocenters. The summed E-state index contributed by atoms with van der Waals surface area (Å²) in [5.74, 6) is 0.839. The Morgan fingerprint density at radius 2 is 1.97 bits per heavy atom. The minimum absolute atomic E-state index is 0.0442. The molecular formula is C27H25BrN2O5. The molecule has 0 radical (unpaired) electrons. The first-order valence-electron chi connectivity index (χ1n) is 11.1. The topological polar surface area (TPSA) is 102 Å². The first-order chi connectivity index (χ1) is 17.0. The molecule has 1 amide bonds. The number of amides is 1. The number of esters is 1. The van der Waals surface area contributed by atoms with Gasteiger partial charge in [-0.05, 0) is 82.4 Å². The lowest BCUT2D eigenvalue weighted by Gasteiger charge is -2.09. The number of carbonyl (C=O) groups is 2. The van der Waals surface area contributed by atoms with Gasteiger partial charge in [0.25, 0.3) is 5.91 Å². The Labute approximate surface area is 212 Å². The molecule has 180 valence electrons. The van der Waals surface area contributed by atoms with Crippen LogP contribution in [0, 0.1) is 11.3 Å². The zero-order valence-electron chi connectivity index (χ0n) is 19.3. The fourth-order valence-electron chi connectivity index (χ4n) is 3.09. The van der Waals surface area contributed by atoms with Crippen molar-refractivity contribution in [2.45, 2.75) is 32.7 Å². The molecule has 0 saturated carbocycles. The number of ether oxygens (including phenoxy) is 2. The highest BCUT2D eigenvalue weighted by molar-refractivity contribution is 9.10. The summed E-state index contributed by atoms with van der Waals surface area (Å²) in [5.41, 5.74) is 1.80. The van der Waals surface area contributed by atoms with E-state index in [4.69, 9.17) is 13.9 Å². The Kier molecular flexibility index (Phi) is 9.69. The molecule has 0 aliphatic rings. The Morgan fingerprint density at radius 3 is 2.63 bits per heavy atom. The largest absolute Gasteiger partial charge is 0.492 e.